The minimum absolute atomic E-state index is 0.201. The monoisotopic (exact) mass is 250 g/mol. The molecule has 0 aliphatic rings. The number of anilines is 1. The fourth-order valence-corrected chi connectivity index (χ4v) is 1.85. The first kappa shape index (κ1) is 14.0. The summed E-state index contributed by atoms with van der Waals surface area (Å²) in [4.78, 5) is 21.8. The molecule has 0 aliphatic carbocycles. The van der Waals surface area contributed by atoms with Crippen LogP contribution in [0.2, 0.25) is 0 Å². The highest BCUT2D eigenvalue weighted by molar-refractivity contribution is 5.89. The number of carbonyl (C=O) groups is 2. The van der Waals surface area contributed by atoms with Gasteiger partial charge in [-0.2, -0.15) is 0 Å². The van der Waals surface area contributed by atoms with Gasteiger partial charge in [0.25, 0.3) is 0 Å². The highest BCUT2D eigenvalue weighted by Gasteiger charge is 2.20. The number of hydrogen-bond donors (Lipinski definition) is 3. The average Bonchev–Trinajstić information content (AvgIpc) is 2.13. The van der Waals surface area contributed by atoms with Crippen LogP contribution in [0.15, 0.2) is 18.2 Å². The number of amides is 1. The van der Waals surface area contributed by atoms with Crippen molar-refractivity contribution < 1.29 is 14.7 Å². The third kappa shape index (κ3) is 3.76. The number of carboxylic acids is 1. The van der Waals surface area contributed by atoms with E-state index in [9.17, 15) is 9.59 Å². The number of benzene rings is 1. The van der Waals surface area contributed by atoms with Crippen molar-refractivity contribution in [2.45, 2.75) is 32.7 Å². The van der Waals surface area contributed by atoms with E-state index in [-0.39, 0.29) is 17.9 Å². The van der Waals surface area contributed by atoms with Crippen LogP contribution in [0.5, 0.6) is 0 Å². The van der Waals surface area contributed by atoms with E-state index in [0.29, 0.717) is 5.56 Å². The van der Waals surface area contributed by atoms with E-state index in [2.05, 4.69) is 5.32 Å². The number of carbonyl (C=O) groups excluding carboxylic acids is 1. The molecule has 0 spiro atoms. The summed E-state index contributed by atoms with van der Waals surface area (Å²) in [5.74, 6) is -1.33. The number of aryl methyl sites for hydroxylation is 1. The smallest absolute Gasteiger partial charge is 0.335 e. The Hall–Kier alpha value is -2.04. The summed E-state index contributed by atoms with van der Waals surface area (Å²) in [6.07, 6.45) is 0.201. The van der Waals surface area contributed by atoms with E-state index in [1.807, 2.05) is 13.8 Å². The van der Waals surface area contributed by atoms with Gasteiger partial charge < -0.3 is 16.2 Å². The number of rotatable bonds is 5. The maximum absolute atomic E-state index is 10.9. The summed E-state index contributed by atoms with van der Waals surface area (Å²) < 4.78 is 0. The SMILES string of the molecule is Cc1cc(NC(C)(C)CC(N)=O)ccc1C(=O)O. The minimum Gasteiger partial charge on any atom is -0.478 e. The lowest BCUT2D eigenvalue weighted by atomic mass is 9.99. The highest BCUT2D eigenvalue weighted by Crippen LogP contribution is 2.21. The molecule has 4 N–H and O–H groups in total. The number of aromatic carboxylic acids is 1. The van der Waals surface area contributed by atoms with Gasteiger partial charge in [-0.1, -0.05) is 0 Å². The molecule has 18 heavy (non-hydrogen) atoms. The van der Waals surface area contributed by atoms with Crippen molar-refractivity contribution in [2.24, 2.45) is 5.73 Å². The molecule has 1 aromatic carbocycles. The lowest BCUT2D eigenvalue weighted by Crippen LogP contribution is -2.36. The van der Waals surface area contributed by atoms with E-state index < -0.39 is 11.5 Å². The Kier molecular flexibility index (Phi) is 3.96. The Bertz CT molecular complexity index is 481. The zero-order valence-corrected chi connectivity index (χ0v) is 10.8. The first-order valence-corrected chi connectivity index (χ1v) is 5.62. The van der Waals surface area contributed by atoms with Crippen LogP contribution in [-0.4, -0.2) is 22.5 Å². The van der Waals surface area contributed by atoms with Gasteiger partial charge in [0.15, 0.2) is 0 Å². The molecule has 1 rings (SSSR count). The topological polar surface area (TPSA) is 92.4 Å². The van der Waals surface area contributed by atoms with Crippen LogP contribution in [0.1, 0.15) is 36.2 Å². The van der Waals surface area contributed by atoms with Crippen molar-refractivity contribution in [1.29, 1.82) is 0 Å². The van der Waals surface area contributed by atoms with Gasteiger partial charge in [-0.3, -0.25) is 4.79 Å². The van der Waals surface area contributed by atoms with Gasteiger partial charge in [0.2, 0.25) is 5.91 Å². The second-order valence-electron chi connectivity index (χ2n) is 4.99. The summed E-state index contributed by atoms with van der Waals surface area (Å²) in [6, 6.07) is 4.96. The third-order valence-corrected chi connectivity index (χ3v) is 2.56. The number of hydrogen-bond acceptors (Lipinski definition) is 3. The predicted octanol–water partition coefficient (Wildman–Crippen LogP) is 1.76. The molecule has 0 aromatic heterocycles. The average molecular weight is 250 g/mol. The lowest BCUT2D eigenvalue weighted by Gasteiger charge is -2.26. The summed E-state index contributed by atoms with van der Waals surface area (Å²) in [5, 5.41) is 12.1. The van der Waals surface area contributed by atoms with Crippen molar-refractivity contribution in [3.8, 4) is 0 Å². The number of carboxylic acid groups (broad SMARTS) is 1. The quantitative estimate of drug-likeness (QED) is 0.742. The Balaban J connectivity index is 2.89. The molecule has 5 heteroatoms. The lowest BCUT2D eigenvalue weighted by molar-refractivity contribution is -0.118. The van der Waals surface area contributed by atoms with E-state index in [0.717, 1.165) is 5.69 Å². The highest BCUT2D eigenvalue weighted by atomic mass is 16.4. The van der Waals surface area contributed by atoms with Crippen LogP contribution in [0.4, 0.5) is 5.69 Å². The van der Waals surface area contributed by atoms with Gasteiger partial charge in [-0.15, -0.1) is 0 Å². The van der Waals surface area contributed by atoms with E-state index in [1.165, 1.54) is 0 Å². The van der Waals surface area contributed by atoms with Crippen LogP contribution < -0.4 is 11.1 Å². The van der Waals surface area contributed by atoms with Crippen molar-refractivity contribution in [1.82, 2.24) is 0 Å². The number of primary amides is 1. The van der Waals surface area contributed by atoms with Gasteiger partial charge in [-0.25, -0.2) is 4.79 Å². The summed E-state index contributed by atoms with van der Waals surface area (Å²) in [7, 11) is 0. The molecular weight excluding hydrogens is 232 g/mol. The normalized spacial score (nSPS) is 11.1. The van der Waals surface area contributed by atoms with Gasteiger partial charge in [0, 0.05) is 17.6 Å². The van der Waals surface area contributed by atoms with E-state index >= 15 is 0 Å². The molecule has 0 atom stereocenters. The molecule has 0 saturated heterocycles. The molecule has 1 aromatic rings. The largest absolute Gasteiger partial charge is 0.478 e. The molecule has 0 unspecified atom stereocenters. The summed E-state index contributed by atoms with van der Waals surface area (Å²) in [5.41, 5.74) is 6.41. The molecule has 5 nitrogen and oxygen atoms in total. The number of nitrogens with one attached hydrogen (secondary N) is 1. The zero-order valence-electron chi connectivity index (χ0n) is 10.8. The van der Waals surface area contributed by atoms with Crippen molar-refractivity contribution >= 4 is 17.6 Å². The van der Waals surface area contributed by atoms with Crippen LogP contribution >= 0.6 is 0 Å². The van der Waals surface area contributed by atoms with Crippen LogP contribution in [-0.2, 0) is 4.79 Å². The molecule has 0 fully saturated rings. The molecule has 0 aliphatic heterocycles. The second kappa shape index (κ2) is 5.08. The Labute approximate surface area is 106 Å². The van der Waals surface area contributed by atoms with Gasteiger partial charge >= 0.3 is 5.97 Å². The van der Waals surface area contributed by atoms with Gasteiger partial charge in [-0.05, 0) is 44.5 Å². The molecule has 0 radical (unpaired) electrons. The Morgan fingerprint density at radius 2 is 2.00 bits per heavy atom. The van der Waals surface area contributed by atoms with Crippen LogP contribution in [0.3, 0.4) is 0 Å². The van der Waals surface area contributed by atoms with Crippen molar-refractivity contribution in [2.75, 3.05) is 5.32 Å². The van der Waals surface area contributed by atoms with Crippen molar-refractivity contribution in [3.63, 3.8) is 0 Å². The second-order valence-corrected chi connectivity index (χ2v) is 4.99. The van der Waals surface area contributed by atoms with Crippen LogP contribution in [0, 0.1) is 6.92 Å². The molecule has 0 heterocycles. The summed E-state index contributed by atoms with van der Waals surface area (Å²) in [6.45, 7) is 5.45. The fourth-order valence-electron chi connectivity index (χ4n) is 1.85. The molecule has 0 saturated carbocycles. The van der Waals surface area contributed by atoms with Gasteiger partial charge in [0.1, 0.15) is 0 Å². The standard InChI is InChI=1S/C13H18N2O3/c1-8-6-9(4-5-10(8)12(17)18)15-13(2,3)7-11(14)16/h4-6,15H,7H2,1-3H3,(H2,14,16)(H,17,18). The molecule has 0 bridgehead atoms. The maximum Gasteiger partial charge on any atom is 0.335 e. The first-order chi connectivity index (χ1) is 8.21. The van der Waals surface area contributed by atoms with Crippen LogP contribution in [0.25, 0.3) is 0 Å². The Morgan fingerprint density at radius 1 is 1.39 bits per heavy atom. The van der Waals surface area contributed by atoms with Crippen molar-refractivity contribution in [3.05, 3.63) is 29.3 Å². The fraction of sp³-hybridized carbons (Fsp3) is 0.385. The molecule has 98 valence electrons. The zero-order chi connectivity index (χ0) is 13.9. The predicted molar refractivity (Wildman–Crippen MR) is 69.7 cm³/mol. The molecular formula is C13H18N2O3. The van der Waals surface area contributed by atoms with Gasteiger partial charge in [0.05, 0.1) is 5.56 Å². The number of nitrogens with two attached hydrogens (primary N) is 1. The van der Waals surface area contributed by atoms with E-state index in [4.69, 9.17) is 10.8 Å². The minimum atomic E-state index is -0.949. The maximum atomic E-state index is 10.9. The first-order valence-electron chi connectivity index (χ1n) is 5.62. The Morgan fingerprint density at radius 3 is 2.44 bits per heavy atom. The molecule has 1 amide bonds. The van der Waals surface area contributed by atoms with E-state index in [1.54, 1.807) is 25.1 Å². The summed E-state index contributed by atoms with van der Waals surface area (Å²) >= 11 is 0. The third-order valence-electron chi connectivity index (χ3n) is 2.56.